The number of carbonyl (C=O) groups excluding carboxylic acids is 2. The van der Waals surface area contributed by atoms with Gasteiger partial charge in [-0.2, -0.15) is 0 Å². The van der Waals surface area contributed by atoms with Crippen LogP contribution in [-0.2, 0) is 6.54 Å². The molecule has 0 spiro atoms. The highest BCUT2D eigenvalue weighted by molar-refractivity contribution is 6.06. The SMILES string of the molecule is CCN(Cc1ccccc1)C(=O)c1cccc(C(=O)Nc2c(F)cccc2F)c1. The van der Waals surface area contributed by atoms with Crippen LogP contribution in [0.4, 0.5) is 14.5 Å². The molecular formula is C23H20F2N2O2. The number of halogens is 2. The molecule has 3 aromatic rings. The summed E-state index contributed by atoms with van der Waals surface area (Å²) in [5, 5.41) is 2.23. The Labute approximate surface area is 167 Å². The maximum atomic E-state index is 13.8. The molecule has 0 aliphatic heterocycles. The third-order valence-corrected chi connectivity index (χ3v) is 4.46. The molecule has 0 saturated carbocycles. The lowest BCUT2D eigenvalue weighted by Gasteiger charge is -2.21. The zero-order chi connectivity index (χ0) is 20.8. The van der Waals surface area contributed by atoms with Gasteiger partial charge < -0.3 is 10.2 Å². The molecule has 29 heavy (non-hydrogen) atoms. The summed E-state index contributed by atoms with van der Waals surface area (Å²) < 4.78 is 27.6. The van der Waals surface area contributed by atoms with E-state index < -0.39 is 23.2 Å². The van der Waals surface area contributed by atoms with Gasteiger partial charge in [-0.3, -0.25) is 9.59 Å². The molecule has 0 fully saturated rings. The number of para-hydroxylation sites is 1. The summed E-state index contributed by atoms with van der Waals surface area (Å²) in [7, 11) is 0. The first-order valence-corrected chi connectivity index (χ1v) is 9.18. The van der Waals surface area contributed by atoms with Crippen LogP contribution < -0.4 is 5.32 Å². The molecule has 0 radical (unpaired) electrons. The second-order valence-electron chi connectivity index (χ2n) is 6.44. The molecule has 6 heteroatoms. The van der Waals surface area contributed by atoms with E-state index in [9.17, 15) is 18.4 Å². The summed E-state index contributed by atoms with van der Waals surface area (Å²) in [6, 6.07) is 19.0. The lowest BCUT2D eigenvalue weighted by Crippen LogP contribution is -2.30. The zero-order valence-electron chi connectivity index (χ0n) is 15.9. The van der Waals surface area contributed by atoms with Gasteiger partial charge in [-0.05, 0) is 42.8 Å². The van der Waals surface area contributed by atoms with Crippen molar-refractivity contribution in [3.05, 3.63) is 101 Å². The molecule has 0 atom stereocenters. The molecule has 0 saturated heterocycles. The molecule has 3 rings (SSSR count). The first-order valence-electron chi connectivity index (χ1n) is 9.18. The lowest BCUT2D eigenvalue weighted by atomic mass is 10.1. The molecule has 3 aromatic carbocycles. The Morgan fingerprint density at radius 1 is 0.862 bits per heavy atom. The van der Waals surface area contributed by atoms with Crippen molar-refractivity contribution in [1.82, 2.24) is 4.90 Å². The van der Waals surface area contributed by atoms with E-state index in [-0.39, 0.29) is 11.5 Å². The van der Waals surface area contributed by atoms with Gasteiger partial charge in [0.15, 0.2) is 0 Å². The van der Waals surface area contributed by atoms with Crippen LogP contribution in [-0.4, -0.2) is 23.3 Å². The minimum absolute atomic E-state index is 0.134. The normalized spacial score (nSPS) is 10.4. The van der Waals surface area contributed by atoms with Crippen molar-refractivity contribution < 1.29 is 18.4 Å². The topological polar surface area (TPSA) is 49.4 Å². The van der Waals surface area contributed by atoms with Gasteiger partial charge in [-0.1, -0.05) is 42.5 Å². The largest absolute Gasteiger partial charge is 0.335 e. The summed E-state index contributed by atoms with van der Waals surface area (Å²) in [6.07, 6.45) is 0. The molecule has 0 aliphatic rings. The summed E-state index contributed by atoms with van der Waals surface area (Å²) in [4.78, 5) is 27.0. The number of carbonyl (C=O) groups is 2. The van der Waals surface area contributed by atoms with Gasteiger partial charge >= 0.3 is 0 Å². The van der Waals surface area contributed by atoms with Crippen LogP contribution in [0.3, 0.4) is 0 Å². The van der Waals surface area contributed by atoms with Gasteiger partial charge in [0.05, 0.1) is 0 Å². The fourth-order valence-corrected chi connectivity index (χ4v) is 2.91. The van der Waals surface area contributed by atoms with Gasteiger partial charge in [0.1, 0.15) is 17.3 Å². The van der Waals surface area contributed by atoms with E-state index >= 15 is 0 Å². The van der Waals surface area contributed by atoms with E-state index in [4.69, 9.17) is 0 Å². The quantitative estimate of drug-likeness (QED) is 0.648. The van der Waals surface area contributed by atoms with E-state index in [1.165, 1.54) is 18.2 Å². The molecule has 0 heterocycles. The van der Waals surface area contributed by atoms with Crippen LogP contribution in [0.5, 0.6) is 0 Å². The molecule has 0 aliphatic carbocycles. The second kappa shape index (κ2) is 9.10. The van der Waals surface area contributed by atoms with Crippen molar-refractivity contribution in [2.75, 3.05) is 11.9 Å². The Balaban J connectivity index is 1.79. The van der Waals surface area contributed by atoms with Gasteiger partial charge in [0.25, 0.3) is 11.8 Å². The summed E-state index contributed by atoms with van der Waals surface area (Å²) in [6.45, 7) is 2.80. The van der Waals surface area contributed by atoms with Crippen molar-refractivity contribution in [2.45, 2.75) is 13.5 Å². The Hall–Kier alpha value is -3.54. The number of hydrogen-bond donors (Lipinski definition) is 1. The van der Waals surface area contributed by atoms with Gasteiger partial charge in [0.2, 0.25) is 0 Å². The average Bonchev–Trinajstić information content (AvgIpc) is 2.75. The molecule has 148 valence electrons. The molecule has 4 nitrogen and oxygen atoms in total. The first kappa shape index (κ1) is 20.2. The van der Waals surface area contributed by atoms with E-state index in [2.05, 4.69) is 5.32 Å². The van der Waals surface area contributed by atoms with Crippen molar-refractivity contribution in [3.63, 3.8) is 0 Å². The molecule has 0 bridgehead atoms. The van der Waals surface area contributed by atoms with E-state index in [1.807, 2.05) is 37.3 Å². The maximum absolute atomic E-state index is 13.8. The van der Waals surface area contributed by atoms with E-state index in [0.29, 0.717) is 18.7 Å². The third-order valence-electron chi connectivity index (χ3n) is 4.46. The highest BCUT2D eigenvalue weighted by atomic mass is 19.1. The summed E-state index contributed by atoms with van der Waals surface area (Å²) in [5.41, 5.74) is 0.929. The monoisotopic (exact) mass is 394 g/mol. The smallest absolute Gasteiger partial charge is 0.255 e. The molecular weight excluding hydrogens is 374 g/mol. The maximum Gasteiger partial charge on any atom is 0.255 e. The number of hydrogen-bond acceptors (Lipinski definition) is 2. The van der Waals surface area contributed by atoms with Crippen LogP contribution in [0.15, 0.2) is 72.8 Å². The Kier molecular flexibility index (Phi) is 6.34. The van der Waals surface area contributed by atoms with Crippen molar-refractivity contribution in [3.8, 4) is 0 Å². The highest BCUT2D eigenvalue weighted by Gasteiger charge is 2.18. The first-order chi connectivity index (χ1) is 14.0. The van der Waals surface area contributed by atoms with E-state index in [0.717, 1.165) is 17.7 Å². The zero-order valence-corrected chi connectivity index (χ0v) is 15.9. The van der Waals surface area contributed by atoms with Crippen LogP contribution in [0.2, 0.25) is 0 Å². The number of benzene rings is 3. The number of amides is 2. The van der Waals surface area contributed by atoms with Crippen LogP contribution in [0.1, 0.15) is 33.2 Å². The second-order valence-corrected chi connectivity index (χ2v) is 6.44. The van der Waals surface area contributed by atoms with Gasteiger partial charge in [0, 0.05) is 24.2 Å². The number of rotatable bonds is 6. The molecule has 2 amide bonds. The molecule has 0 aromatic heterocycles. The standard InChI is InChI=1S/C23H20F2N2O2/c1-2-27(15-16-8-4-3-5-9-16)23(29)18-11-6-10-17(14-18)22(28)26-21-19(24)12-7-13-20(21)25/h3-14H,2,15H2,1H3,(H,26,28). The Morgan fingerprint density at radius 3 is 2.14 bits per heavy atom. The van der Waals surface area contributed by atoms with Crippen LogP contribution >= 0.6 is 0 Å². The minimum atomic E-state index is -0.870. The van der Waals surface area contributed by atoms with Gasteiger partial charge in [-0.15, -0.1) is 0 Å². The summed E-state index contributed by atoms with van der Waals surface area (Å²) in [5.74, 6) is -2.67. The predicted molar refractivity (Wildman–Crippen MR) is 108 cm³/mol. The minimum Gasteiger partial charge on any atom is -0.335 e. The number of nitrogens with zero attached hydrogens (tertiary/aromatic N) is 1. The fourth-order valence-electron chi connectivity index (χ4n) is 2.91. The molecule has 1 N–H and O–H groups in total. The number of nitrogens with one attached hydrogen (secondary N) is 1. The molecule has 0 unspecified atom stereocenters. The Bertz CT molecular complexity index is 1000. The van der Waals surface area contributed by atoms with Crippen LogP contribution in [0, 0.1) is 11.6 Å². The third kappa shape index (κ3) is 4.85. The summed E-state index contributed by atoms with van der Waals surface area (Å²) >= 11 is 0. The average molecular weight is 394 g/mol. The fraction of sp³-hybridized carbons (Fsp3) is 0.130. The van der Waals surface area contributed by atoms with E-state index in [1.54, 1.807) is 17.0 Å². The predicted octanol–water partition coefficient (Wildman–Crippen LogP) is 4.88. The van der Waals surface area contributed by atoms with Crippen molar-refractivity contribution >= 4 is 17.5 Å². The lowest BCUT2D eigenvalue weighted by molar-refractivity contribution is 0.0752. The van der Waals surface area contributed by atoms with Crippen molar-refractivity contribution in [2.24, 2.45) is 0 Å². The number of anilines is 1. The van der Waals surface area contributed by atoms with Gasteiger partial charge in [-0.25, -0.2) is 8.78 Å². The Morgan fingerprint density at radius 2 is 1.48 bits per heavy atom. The van der Waals surface area contributed by atoms with Crippen LogP contribution in [0.25, 0.3) is 0 Å². The highest BCUT2D eigenvalue weighted by Crippen LogP contribution is 2.19. The van der Waals surface area contributed by atoms with Crippen molar-refractivity contribution in [1.29, 1.82) is 0 Å².